The van der Waals surface area contributed by atoms with E-state index in [9.17, 15) is 9.18 Å². The first-order chi connectivity index (χ1) is 7.49. The van der Waals surface area contributed by atoms with Gasteiger partial charge < -0.3 is 10.6 Å². The summed E-state index contributed by atoms with van der Waals surface area (Å²) < 4.78 is 13.3. The zero-order valence-corrected chi connectivity index (χ0v) is 10.6. The second-order valence-electron chi connectivity index (χ2n) is 3.63. The summed E-state index contributed by atoms with van der Waals surface area (Å²) in [5.74, 6) is -0.646. The highest BCUT2D eigenvalue weighted by molar-refractivity contribution is 9.09. The van der Waals surface area contributed by atoms with Crippen LogP contribution in [0.2, 0.25) is 5.02 Å². The molecule has 6 heteroatoms. The molecule has 0 spiro atoms. The maximum atomic E-state index is 13.3. The van der Waals surface area contributed by atoms with Crippen LogP contribution < -0.4 is 10.6 Å². The molecule has 0 radical (unpaired) electrons. The molecule has 0 bridgehead atoms. The summed E-state index contributed by atoms with van der Waals surface area (Å²) in [5, 5.41) is -0.0386. The molecule has 1 amide bonds. The molecular weight excluding hydrogens is 298 g/mol. The number of benzene rings is 1. The predicted molar refractivity (Wildman–Crippen MR) is 65.5 cm³/mol. The lowest BCUT2D eigenvalue weighted by molar-refractivity contribution is -0.117. The number of carbonyl (C=O) groups is 1. The molecule has 1 atom stereocenters. The molecular formula is C10H9BrClFN2O. The quantitative estimate of drug-likeness (QED) is 0.640. The molecule has 1 aromatic rings. The van der Waals surface area contributed by atoms with E-state index in [4.69, 9.17) is 17.3 Å². The smallest absolute Gasteiger partial charge is 0.228 e. The Bertz CT molecular complexity index is 455. The van der Waals surface area contributed by atoms with Crippen LogP contribution >= 0.6 is 27.5 Å². The number of anilines is 2. The van der Waals surface area contributed by atoms with Crippen molar-refractivity contribution in [2.75, 3.05) is 17.2 Å². The van der Waals surface area contributed by atoms with Crippen molar-refractivity contribution in [3.8, 4) is 0 Å². The molecule has 1 fully saturated rings. The van der Waals surface area contributed by atoms with E-state index in [-0.39, 0.29) is 15.8 Å². The van der Waals surface area contributed by atoms with Crippen LogP contribution in [0.1, 0.15) is 6.42 Å². The van der Waals surface area contributed by atoms with Gasteiger partial charge in [0.05, 0.1) is 16.4 Å². The lowest BCUT2D eigenvalue weighted by Crippen LogP contribution is -2.25. The third kappa shape index (κ3) is 2.01. The predicted octanol–water partition coefficient (Wildman–Crippen LogP) is 2.56. The van der Waals surface area contributed by atoms with Crippen LogP contribution in [0.5, 0.6) is 0 Å². The number of nitrogens with zero attached hydrogens (tertiary/aromatic N) is 1. The molecule has 86 valence electrons. The van der Waals surface area contributed by atoms with E-state index in [0.29, 0.717) is 24.3 Å². The first kappa shape index (κ1) is 11.7. The first-order valence-corrected chi connectivity index (χ1v) is 5.97. The van der Waals surface area contributed by atoms with E-state index in [1.54, 1.807) is 0 Å². The number of rotatable bonds is 1. The van der Waals surface area contributed by atoms with Gasteiger partial charge in [0.2, 0.25) is 5.91 Å². The average molecular weight is 308 g/mol. The minimum Gasteiger partial charge on any atom is -0.397 e. The molecule has 3 nitrogen and oxygen atoms in total. The fourth-order valence-electron chi connectivity index (χ4n) is 1.68. The molecule has 1 heterocycles. The Balaban J connectivity index is 2.41. The number of hydrogen-bond donors (Lipinski definition) is 1. The van der Waals surface area contributed by atoms with Gasteiger partial charge in [-0.3, -0.25) is 4.79 Å². The van der Waals surface area contributed by atoms with Crippen molar-refractivity contribution in [2.45, 2.75) is 11.2 Å². The van der Waals surface area contributed by atoms with Gasteiger partial charge in [-0.25, -0.2) is 4.39 Å². The van der Waals surface area contributed by atoms with E-state index in [1.165, 1.54) is 17.0 Å². The first-order valence-electron chi connectivity index (χ1n) is 4.68. The van der Waals surface area contributed by atoms with Crippen LogP contribution in [-0.4, -0.2) is 17.3 Å². The van der Waals surface area contributed by atoms with Gasteiger partial charge in [0.15, 0.2) is 0 Å². The van der Waals surface area contributed by atoms with E-state index < -0.39 is 5.82 Å². The van der Waals surface area contributed by atoms with Gasteiger partial charge >= 0.3 is 0 Å². The van der Waals surface area contributed by atoms with Crippen molar-refractivity contribution < 1.29 is 9.18 Å². The summed E-state index contributed by atoms with van der Waals surface area (Å²) in [6.07, 6.45) is 0.393. The normalized spacial score (nSPS) is 20.6. The highest BCUT2D eigenvalue weighted by Gasteiger charge is 2.30. The van der Waals surface area contributed by atoms with Crippen molar-refractivity contribution >= 4 is 44.8 Å². The minimum absolute atomic E-state index is 0.0386. The maximum Gasteiger partial charge on any atom is 0.228 e. The molecule has 1 aromatic carbocycles. The van der Waals surface area contributed by atoms with Crippen molar-refractivity contribution in [1.29, 1.82) is 0 Å². The van der Waals surface area contributed by atoms with Crippen molar-refractivity contribution in [2.24, 2.45) is 0 Å². The SMILES string of the molecule is Nc1cc(Cl)c(F)cc1N1CC(Br)CC1=O. The zero-order chi connectivity index (χ0) is 11.9. The average Bonchev–Trinajstić information content (AvgIpc) is 2.51. The fourth-order valence-corrected chi connectivity index (χ4v) is 2.42. The van der Waals surface area contributed by atoms with Gasteiger partial charge in [-0.15, -0.1) is 0 Å². The van der Waals surface area contributed by atoms with Gasteiger partial charge in [-0.1, -0.05) is 27.5 Å². The molecule has 0 aliphatic carbocycles. The Morgan fingerprint density at radius 1 is 1.56 bits per heavy atom. The van der Waals surface area contributed by atoms with Crippen molar-refractivity contribution in [3.05, 3.63) is 23.0 Å². The molecule has 2 N–H and O–H groups in total. The highest BCUT2D eigenvalue weighted by atomic mass is 79.9. The second-order valence-corrected chi connectivity index (χ2v) is 5.33. The van der Waals surface area contributed by atoms with Crippen LogP contribution in [0.25, 0.3) is 0 Å². The number of amides is 1. The lowest BCUT2D eigenvalue weighted by Gasteiger charge is -2.18. The summed E-state index contributed by atoms with van der Waals surface area (Å²) in [6.45, 7) is 0.490. The third-order valence-corrected chi connectivity index (χ3v) is 3.34. The molecule has 1 saturated heterocycles. The van der Waals surface area contributed by atoms with Gasteiger partial charge in [0.25, 0.3) is 0 Å². The van der Waals surface area contributed by atoms with Crippen LogP contribution in [0.15, 0.2) is 12.1 Å². The molecule has 1 unspecified atom stereocenters. The number of hydrogen-bond acceptors (Lipinski definition) is 2. The van der Waals surface area contributed by atoms with Gasteiger partial charge in [-0.05, 0) is 6.07 Å². The monoisotopic (exact) mass is 306 g/mol. The van der Waals surface area contributed by atoms with Crippen LogP contribution in [0.4, 0.5) is 15.8 Å². The molecule has 0 aromatic heterocycles. The number of alkyl halides is 1. The van der Waals surface area contributed by atoms with E-state index in [0.717, 1.165) is 0 Å². The zero-order valence-electron chi connectivity index (χ0n) is 8.21. The molecule has 1 aliphatic rings. The van der Waals surface area contributed by atoms with Gasteiger partial charge in [0.1, 0.15) is 5.82 Å². The Labute approximate surface area is 105 Å². The minimum atomic E-state index is -0.573. The maximum absolute atomic E-state index is 13.3. The van der Waals surface area contributed by atoms with Crippen molar-refractivity contribution in [1.82, 2.24) is 0 Å². The standard InChI is InChI=1S/C10H9BrClFN2O/c11-5-1-10(16)15(4-5)9-3-7(13)6(12)2-8(9)14/h2-3,5H,1,4,14H2. The lowest BCUT2D eigenvalue weighted by atomic mass is 10.2. The Kier molecular flexibility index (Phi) is 3.08. The third-order valence-electron chi connectivity index (χ3n) is 2.44. The van der Waals surface area contributed by atoms with Crippen LogP contribution in [-0.2, 0) is 4.79 Å². The Morgan fingerprint density at radius 2 is 2.25 bits per heavy atom. The van der Waals surface area contributed by atoms with Crippen molar-refractivity contribution in [3.63, 3.8) is 0 Å². The van der Waals surface area contributed by atoms with Gasteiger partial charge in [0, 0.05) is 23.9 Å². The van der Waals surface area contributed by atoms with E-state index >= 15 is 0 Å². The number of nitrogens with two attached hydrogens (primary N) is 1. The van der Waals surface area contributed by atoms with E-state index in [1.807, 2.05) is 0 Å². The van der Waals surface area contributed by atoms with E-state index in [2.05, 4.69) is 15.9 Å². The largest absolute Gasteiger partial charge is 0.397 e. The van der Waals surface area contributed by atoms with Gasteiger partial charge in [-0.2, -0.15) is 0 Å². The highest BCUT2D eigenvalue weighted by Crippen LogP contribution is 2.33. The molecule has 16 heavy (non-hydrogen) atoms. The topological polar surface area (TPSA) is 46.3 Å². The second kappa shape index (κ2) is 4.22. The summed E-state index contributed by atoms with van der Waals surface area (Å²) in [5.41, 5.74) is 6.41. The number of carbonyl (C=O) groups excluding carboxylic acids is 1. The summed E-state index contributed by atoms with van der Waals surface area (Å²) >= 11 is 8.94. The molecule has 2 rings (SSSR count). The summed E-state index contributed by atoms with van der Waals surface area (Å²) in [6, 6.07) is 2.52. The summed E-state index contributed by atoms with van der Waals surface area (Å²) in [7, 11) is 0. The fraction of sp³-hybridized carbons (Fsp3) is 0.300. The Morgan fingerprint density at radius 3 is 2.81 bits per heavy atom. The molecule has 1 aliphatic heterocycles. The number of halogens is 3. The van der Waals surface area contributed by atoms with Crippen LogP contribution in [0, 0.1) is 5.82 Å². The molecule has 0 saturated carbocycles. The summed E-state index contributed by atoms with van der Waals surface area (Å²) in [4.78, 5) is 13.2. The Hall–Kier alpha value is -0.810. The number of nitrogen functional groups attached to an aromatic ring is 1. The van der Waals surface area contributed by atoms with Crippen LogP contribution in [0.3, 0.4) is 0 Å².